The number of aromatic nitrogens is 6. The quantitative estimate of drug-likeness (QED) is 0.230. The van der Waals surface area contributed by atoms with Crippen molar-refractivity contribution in [2.75, 3.05) is 7.11 Å². The van der Waals surface area contributed by atoms with Crippen molar-refractivity contribution in [3.05, 3.63) is 84.2 Å². The van der Waals surface area contributed by atoms with Crippen LogP contribution in [-0.2, 0) is 13.1 Å². The highest BCUT2D eigenvalue weighted by Gasteiger charge is 2.17. The molecular weight excluding hydrogens is 529 g/mol. The fourth-order valence-electron chi connectivity index (χ4n) is 3.68. The van der Waals surface area contributed by atoms with E-state index in [2.05, 4.69) is 53.2 Å². The predicted octanol–water partition coefficient (Wildman–Crippen LogP) is 4.85. The van der Waals surface area contributed by atoms with Crippen molar-refractivity contribution in [2.45, 2.75) is 20.0 Å². The summed E-state index contributed by atoms with van der Waals surface area (Å²) in [7, 11) is 1.68. The second kappa shape index (κ2) is 9.28. The van der Waals surface area contributed by atoms with Gasteiger partial charge in [0.15, 0.2) is 5.65 Å². The Hall–Kier alpha value is -3.31. The van der Waals surface area contributed by atoms with Crippen LogP contribution in [0.25, 0.3) is 28.3 Å². The molecule has 5 rings (SSSR count). The molecule has 0 saturated carbocycles. The van der Waals surface area contributed by atoms with E-state index >= 15 is 0 Å². The number of halogens is 1. The molecule has 0 bridgehead atoms. The molecule has 5 aromatic rings. The Morgan fingerprint density at radius 1 is 1.03 bits per heavy atom. The van der Waals surface area contributed by atoms with Gasteiger partial charge in [0, 0.05) is 46.9 Å². The minimum atomic E-state index is 0.650. The van der Waals surface area contributed by atoms with Crippen molar-refractivity contribution in [3.8, 4) is 28.4 Å². The van der Waals surface area contributed by atoms with E-state index in [4.69, 9.17) is 14.7 Å². The van der Waals surface area contributed by atoms with Gasteiger partial charge in [-0.05, 0) is 48.9 Å². The standard InChI is InChI=1S/C24H22IN7O/c1-16-4-3-5-20(28-16)24-23(18-8-11-22-26-15-27-32(22)13-18)29-21(30-24)14-31(25)12-17-6-9-19(33-2)10-7-17/h3-11,13,15H,12,14H2,1-2H3,(H,29,30). The zero-order valence-corrected chi connectivity index (χ0v) is 20.4. The summed E-state index contributed by atoms with van der Waals surface area (Å²) in [6.07, 6.45) is 3.49. The number of hydrogen-bond donors (Lipinski definition) is 1. The van der Waals surface area contributed by atoms with Gasteiger partial charge in [0.2, 0.25) is 0 Å². The monoisotopic (exact) mass is 551 g/mol. The third kappa shape index (κ3) is 4.74. The third-order valence-corrected chi connectivity index (χ3v) is 5.96. The fourth-order valence-corrected chi connectivity index (χ4v) is 4.40. The van der Waals surface area contributed by atoms with Gasteiger partial charge in [-0.2, -0.15) is 5.10 Å². The van der Waals surface area contributed by atoms with Gasteiger partial charge in [0.05, 0.1) is 30.7 Å². The number of benzene rings is 1. The van der Waals surface area contributed by atoms with Crippen LogP contribution in [0.5, 0.6) is 5.75 Å². The lowest BCUT2D eigenvalue weighted by Gasteiger charge is -2.13. The average molecular weight is 551 g/mol. The molecule has 4 heterocycles. The van der Waals surface area contributed by atoms with Gasteiger partial charge in [-0.15, -0.1) is 0 Å². The molecule has 4 aromatic heterocycles. The number of hydrogen-bond acceptors (Lipinski definition) is 6. The second-order valence-electron chi connectivity index (χ2n) is 7.68. The maximum absolute atomic E-state index is 5.25. The third-order valence-electron chi connectivity index (χ3n) is 5.28. The van der Waals surface area contributed by atoms with Crippen molar-refractivity contribution in [2.24, 2.45) is 0 Å². The van der Waals surface area contributed by atoms with E-state index in [0.29, 0.717) is 6.54 Å². The van der Waals surface area contributed by atoms with Gasteiger partial charge in [-0.3, -0.25) is 4.98 Å². The van der Waals surface area contributed by atoms with Crippen molar-refractivity contribution < 1.29 is 4.74 Å². The average Bonchev–Trinajstić information content (AvgIpc) is 3.46. The largest absolute Gasteiger partial charge is 0.497 e. The van der Waals surface area contributed by atoms with Crippen molar-refractivity contribution in [3.63, 3.8) is 0 Å². The highest BCUT2D eigenvalue weighted by molar-refractivity contribution is 14.1. The van der Waals surface area contributed by atoms with Crippen LogP contribution in [0, 0.1) is 6.92 Å². The summed E-state index contributed by atoms with van der Waals surface area (Å²) in [5.74, 6) is 1.72. The molecule has 1 aromatic carbocycles. The Labute approximate surface area is 205 Å². The predicted molar refractivity (Wildman–Crippen MR) is 135 cm³/mol. The summed E-state index contributed by atoms with van der Waals surface area (Å²) in [5, 5.41) is 4.27. The zero-order chi connectivity index (χ0) is 22.8. The van der Waals surface area contributed by atoms with Crippen LogP contribution in [0.1, 0.15) is 17.1 Å². The summed E-state index contributed by atoms with van der Waals surface area (Å²) in [5.41, 5.74) is 6.49. The van der Waals surface area contributed by atoms with Crippen molar-refractivity contribution in [1.29, 1.82) is 0 Å². The van der Waals surface area contributed by atoms with Crippen LogP contribution in [0.2, 0.25) is 0 Å². The Bertz CT molecular complexity index is 1390. The molecule has 8 nitrogen and oxygen atoms in total. The number of ether oxygens (including phenoxy) is 1. The molecule has 9 heteroatoms. The number of imidazole rings is 1. The van der Waals surface area contributed by atoms with Crippen LogP contribution in [0.4, 0.5) is 0 Å². The molecule has 0 spiro atoms. The number of H-pyrrole nitrogens is 1. The van der Waals surface area contributed by atoms with Crippen LogP contribution < -0.4 is 4.74 Å². The second-order valence-corrected chi connectivity index (χ2v) is 9.04. The summed E-state index contributed by atoms with van der Waals surface area (Å²) in [6.45, 7) is 3.42. The molecule has 0 unspecified atom stereocenters. The summed E-state index contributed by atoms with van der Waals surface area (Å²) in [4.78, 5) is 17.4. The van der Waals surface area contributed by atoms with Gasteiger partial charge >= 0.3 is 0 Å². The number of aromatic amines is 1. The number of aryl methyl sites for hydroxylation is 1. The molecule has 0 amide bonds. The van der Waals surface area contributed by atoms with Gasteiger partial charge in [0.25, 0.3) is 0 Å². The first kappa shape index (κ1) is 21.5. The van der Waals surface area contributed by atoms with Gasteiger partial charge in [-0.25, -0.2) is 17.6 Å². The van der Waals surface area contributed by atoms with Crippen LogP contribution in [0.3, 0.4) is 0 Å². The van der Waals surface area contributed by atoms with Crippen molar-refractivity contribution in [1.82, 2.24) is 32.7 Å². The minimum Gasteiger partial charge on any atom is -0.497 e. The lowest BCUT2D eigenvalue weighted by Crippen LogP contribution is -2.11. The minimum absolute atomic E-state index is 0.650. The SMILES string of the molecule is COc1ccc(CN(I)Cc2nc(-c3ccc4ncnn4c3)c(-c3cccc(C)n3)[nH]2)cc1. The molecule has 166 valence electrons. The number of fused-ring (bicyclic) bond motifs is 1. The molecule has 1 N–H and O–H groups in total. The molecular formula is C24H22IN7O. The number of pyridine rings is 2. The fraction of sp³-hybridized carbons (Fsp3) is 0.167. The molecule has 0 radical (unpaired) electrons. The van der Waals surface area contributed by atoms with Gasteiger partial charge < -0.3 is 9.72 Å². The van der Waals surface area contributed by atoms with E-state index in [0.717, 1.165) is 52.1 Å². The first-order chi connectivity index (χ1) is 16.1. The highest BCUT2D eigenvalue weighted by Crippen LogP contribution is 2.30. The van der Waals surface area contributed by atoms with E-state index in [1.165, 1.54) is 5.56 Å². The Morgan fingerprint density at radius 2 is 1.88 bits per heavy atom. The van der Waals surface area contributed by atoms with Crippen LogP contribution in [-0.4, -0.2) is 39.8 Å². The number of methoxy groups -OCH3 is 1. The maximum atomic E-state index is 5.25. The van der Waals surface area contributed by atoms with E-state index in [9.17, 15) is 0 Å². The molecule has 0 saturated heterocycles. The van der Waals surface area contributed by atoms with E-state index in [1.54, 1.807) is 18.0 Å². The molecule has 0 atom stereocenters. The van der Waals surface area contributed by atoms with E-state index in [-0.39, 0.29) is 0 Å². The Balaban J connectivity index is 1.46. The number of rotatable bonds is 7. The first-order valence-corrected chi connectivity index (χ1v) is 11.4. The molecule has 0 aliphatic rings. The lowest BCUT2D eigenvalue weighted by molar-refractivity contribution is 0.414. The number of nitrogens with one attached hydrogen (secondary N) is 1. The van der Waals surface area contributed by atoms with E-state index < -0.39 is 0 Å². The van der Waals surface area contributed by atoms with Gasteiger partial charge in [-0.1, -0.05) is 18.2 Å². The number of nitrogens with zero attached hydrogens (tertiary/aromatic N) is 6. The maximum Gasteiger partial charge on any atom is 0.155 e. The smallest absolute Gasteiger partial charge is 0.155 e. The van der Waals surface area contributed by atoms with Crippen LogP contribution in [0.15, 0.2) is 67.1 Å². The molecule has 0 aliphatic carbocycles. The van der Waals surface area contributed by atoms with Crippen molar-refractivity contribution >= 4 is 28.5 Å². The highest BCUT2D eigenvalue weighted by atomic mass is 127. The zero-order valence-electron chi connectivity index (χ0n) is 18.2. The lowest BCUT2D eigenvalue weighted by atomic mass is 10.1. The summed E-state index contributed by atoms with van der Waals surface area (Å²) in [6, 6.07) is 18.1. The Morgan fingerprint density at radius 3 is 2.67 bits per heavy atom. The molecule has 0 fully saturated rings. The summed E-state index contributed by atoms with van der Waals surface area (Å²) < 4.78 is 9.20. The Kier molecular flexibility index (Phi) is 6.05. The van der Waals surface area contributed by atoms with E-state index in [1.807, 2.05) is 55.6 Å². The molecule has 0 aliphatic heterocycles. The topological polar surface area (TPSA) is 84.2 Å². The normalized spacial score (nSPS) is 11.4. The first-order valence-electron chi connectivity index (χ1n) is 10.5. The molecule has 33 heavy (non-hydrogen) atoms. The van der Waals surface area contributed by atoms with Crippen LogP contribution >= 0.6 is 22.9 Å². The summed E-state index contributed by atoms with van der Waals surface area (Å²) >= 11 is 2.34. The van der Waals surface area contributed by atoms with Gasteiger partial charge in [0.1, 0.15) is 17.9 Å².